The minimum atomic E-state index is -5.03. The van der Waals surface area contributed by atoms with Gasteiger partial charge in [-0.1, -0.05) is 66.7 Å². The SMILES string of the molecule is O=C(N1c2cccc3ccc[n+](c23)[B-]1(c1ccccc1)c1ccccc1)C(F)(F)F. The summed E-state index contributed by atoms with van der Waals surface area (Å²) in [4.78, 5) is 13.9. The largest absolute Gasteiger partial charge is 0.468 e. The molecule has 148 valence electrons. The van der Waals surface area contributed by atoms with Crippen LogP contribution in [0.2, 0.25) is 0 Å². The van der Waals surface area contributed by atoms with E-state index in [2.05, 4.69) is 0 Å². The predicted molar refractivity (Wildman–Crippen MR) is 111 cm³/mol. The van der Waals surface area contributed by atoms with Crippen LogP contribution in [0, 0.1) is 0 Å². The number of carbonyl (C=O) groups excluding carboxylic acids is 1. The number of para-hydroxylation sites is 1. The van der Waals surface area contributed by atoms with E-state index in [4.69, 9.17) is 0 Å². The first kappa shape index (κ1) is 18.4. The van der Waals surface area contributed by atoms with E-state index in [0.717, 1.165) is 10.2 Å². The molecule has 1 amide bonds. The molecule has 1 aliphatic heterocycles. The summed E-state index contributed by atoms with van der Waals surface area (Å²) in [6.45, 7) is 0. The molecule has 0 saturated carbocycles. The molecule has 4 aromatic rings. The molecule has 0 bridgehead atoms. The van der Waals surface area contributed by atoms with Crippen molar-refractivity contribution in [2.75, 3.05) is 4.81 Å². The Morgan fingerprint density at radius 3 is 1.90 bits per heavy atom. The zero-order valence-electron chi connectivity index (χ0n) is 15.8. The fraction of sp³-hybridized carbons (Fsp3) is 0.0435. The predicted octanol–water partition coefficient (Wildman–Crippen LogP) is 3.14. The summed E-state index contributed by atoms with van der Waals surface area (Å²) in [5.41, 5.74) is 2.10. The van der Waals surface area contributed by atoms with Crippen molar-refractivity contribution in [1.82, 2.24) is 0 Å². The van der Waals surface area contributed by atoms with Gasteiger partial charge in [0.25, 0.3) is 5.91 Å². The summed E-state index contributed by atoms with van der Waals surface area (Å²) >= 11 is 0. The highest BCUT2D eigenvalue weighted by Crippen LogP contribution is 2.36. The number of rotatable bonds is 2. The van der Waals surface area contributed by atoms with Crippen molar-refractivity contribution in [2.45, 2.75) is 6.18 Å². The van der Waals surface area contributed by atoms with Crippen LogP contribution in [0.4, 0.5) is 18.9 Å². The van der Waals surface area contributed by atoms with Crippen LogP contribution < -0.4 is 20.2 Å². The van der Waals surface area contributed by atoms with E-state index in [1.54, 1.807) is 72.9 Å². The maximum Gasteiger partial charge on any atom is 0.468 e. The third-order valence-corrected chi connectivity index (χ3v) is 5.85. The van der Waals surface area contributed by atoms with E-state index in [1.807, 2.05) is 28.7 Å². The monoisotopic (exact) mass is 404 g/mol. The van der Waals surface area contributed by atoms with Gasteiger partial charge in [0, 0.05) is 5.39 Å². The number of pyridine rings is 1. The van der Waals surface area contributed by atoms with E-state index in [1.165, 1.54) is 0 Å². The molecule has 1 aromatic heterocycles. The van der Waals surface area contributed by atoms with Gasteiger partial charge in [-0.05, 0) is 24.3 Å². The molecular formula is C23H16BF3N2O. The Morgan fingerprint density at radius 1 is 0.767 bits per heavy atom. The van der Waals surface area contributed by atoms with Gasteiger partial charge in [0.1, 0.15) is 6.20 Å². The van der Waals surface area contributed by atoms with Crippen LogP contribution in [0.3, 0.4) is 0 Å². The molecule has 0 radical (unpaired) electrons. The molecule has 0 aliphatic carbocycles. The highest BCUT2D eigenvalue weighted by Gasteiger charge is 2.59. The zero-order chi connectivity index (χ0) is 20.9. The lowest BCUT2D eigenvalue weighted by Gasteiger charge is -2.40. The Bertz CT molecular complexity index is 1220. The zero-order valence-corrected chi connectivity index (χ0v) is 15.8. The molecule has 3 nitrogen and oxygen atoms in total. The minimum absolute atomic E-state index is 0.253. The van der Waals surface area contributed by atoms with E-state index in [-0.39, 0.29) is 5.69 Å². The Balaban J connectivity index is 1.98. The molecular weight excluding hydrogens is 388 g/mol. The smallest absolute Gasteiger partial charge is 0.404 e. The van der Waals surface area contributed by atoms with Crippen molar-refractivity contribution < 1.29 is 22.4 Å². The number of carbonyl (C=O) groups is 1. The van der Waals surface area contributed by atoms with Gasteiger partial charge in [0.15, 0.2) is 5.52 Å². The fourth-order valence-corrected chi connectivity index (χ4v) is 4.78. The van der Waals surface area contributed by atoms with Crippen molar-refractivity contribution in [3.63, 3.8) is 0 Å². The van der Waals surface area contributed by atoms with Crippen LogP contribution in [0.25, 0.3) is 10.9 Å². The molecule has 0 N–H and O–H groups in total. The summed E-state index contributed by atoms with van der Waals surface area (Å²) in [6.07, 6.45) is -5.73. The fourth-order valence-electron chi connectivity index (χ4n) is 4.78. The Hall–Kier alpha value is -3.61. The number of alkyl halides is 3. The molecule has 30 heavy (non-hydrogen) atoms. The van der Waals surface area contributed by atoms with Crippen molar-refractivity contribution in [3.8, 4) is 0 Å². The Labute approximate surface area is 171 Å². The van der Waals surface area contributed by atoms with E-state index < -0.39 is 18.5 Å². The number of halogens is 3. The maximum absolute atomic E-state index is 13.9. The van der Waals surface area contributed by atoms with Crippen LogP contribution in [0.5, 0.6) is 0 Å². The minimum Gasteiger partial charge on any atom is -0.404 e. The first-order valence-electron chi connectivity index (χ1n) is 9.56. The van der Waals surface area contributed by atoms with Gasteiger partial charge in [0.05, 0.1) is 5.69 Å². The molecule has 2 heterocycles. The summed E-state index contributed by atoms with van der Waals surface area (Å²) in [7, 11) is 0. The third-order valence-electron chi connectivity index (χ3n) is 5.85. The lowest BCUT2D eigenvalue weighted by Crippen LogP contribution is -2.86. The van der Waals surface area contributed by atoms with E-state index in [9.17, 15) is 18.0 Å². The summed E-state index contributed by atoms with van der Waals surface area (Å²) in [6, 6.07) is 26.6. The van der Waals surface area contributed by atoms with Crippen LogP contribution in [-0.2, 0) is 4.79 Å². The van der Waals surface area contributed by atoms with Gasteiger partial charge in [-0.15, -0.1) is 10.9 Å². The van der Waals surface area contributed by atoms with Crippen molar-refractivity contribution in [1.29, 1.82) is 0 Å². The van der Waals surface area contributed by atoms with Crippen LogP contribution in [0.15, 0.2) is 97.2 Å². The number of hydrogen-bond donors (Lipinski definition) is 0. The number of anilines is 1. The quantitative estimate of drug-likeness (QED) is 0.471. The number of aromatic nitrogens is 1. The summed E-state index contributed by atoms with van der Waals surface area (Å²) in [5.74, 6) is -1.88. The number of nitrogens with zero attached hydrogens (tertiary/aromatic N) is 2. The Kier molecular flexibility index (Phi) is 3.96. The molecule has 1 aliphatic rings. The van der Waals surface area contributed by atoms with Crippen molar-refractivity contribution in [3.05, 3.63) is 97.2 Å². The van der Waals surface area contributed by atoms with Crippen LogP contribution >= 0.6 is 0 Å². The first-order valence-corrected chi connectivity index (χ1v) is 9.56. The summed E-state index contributed by atoms with van der Waals surface area (Å²) in [5, 5.41) is 0.769. The highest BCUT2D eigenvalue weighted by molar-refractivity contribution is 7.01. The normalized spacial score (nSPS) is 14.8. The van der Waals surface area contributed by atoms with Crippen LogP contribution in [0.1, 0.15) is 0 Å². The molecule has 0 fully saturated rings. The van der Waals surface area contributed by atoms with Gasteiger partial charge < -0.3 is 9.29 Å². The number of amides is 1. The van der Waals surface area contributed by atoms with Crippen molar-refractivity contribution >= 4 is 39.8 Å². The second kappa shape index (κ2) is 6.45. The van der Waals surface area contributed by atoms with Gasteiger partial charge in [-0.3, -0.25) is 4.79 Å². The average molecular weight is 404 g/mol. The lowest BCUT2D eigenvalue weighted by molar-refractivity contribution is -0.508. The van der Waals surface area contributed by atoms with Gasteiger partial charge >= 0.3 is 12.6 Å². The standard InChI is InChI=1S/C23H16BF3N2O/c25-23(26,27)22(30)29-20-15-7-9-17-10-8-16-28(21(17)20)24(29,18-11-3-1-4-12-18)19-13-5-2-6-14-19/h1-16H. The maximum atomic E-state index is 13.9. The molecule has 0 saturated heterocycles. The number of benzene rings is 3. The van der Waals surface area contributed by atoms with Crippen molar-refractivity contribution in [2.24, 2.45) is 0 Å². The van der Waals surface area contributed by atoms with Gasteiger partial charge in [0.2, 0.25) is 0 Å². The van der Waals surface area contributed by atoms with Gasteiger partial charge in [-0.25, -0.2) is 0 Å². The molecule has 0 unspecified atom stereocenters. The van der Waals surface area contributed by atoms with Gasteiger partial charge in [-0.2, -0.15) is 13.2 Å². The second-order valence-corrected chi connectivity index (χ2v) is 7.40. The molecule has 0 atom stereocenters. The van der Waals surface area contributed by atoms with E-state index >= 15 is 0 Å². The molecule has 3 aromatic carbocycles. The second-order valence-electron chi connectivity index (χ2n) is 7.40. The Morgan fingerprint density at radius 2 is 1.33 bits per heavy atom. The first-order chi connectivity index (χ1) is 14.5. The topological polar surface area (TPSA) is 24.2 Å². The lowest BCUT2D eigenvalue weighted by atomic mass is 9.36. The van der Waals surface area contributed by atoms with E-state index in [0.29, 0.717) is 16.4 Å². The third kappa shape index (κ3) is 2.41. The molecule has 7 heteroatoms. The molecule has 0 spiro atoms. The average Bonchev–Trinajstić information content (AvgIpc) is 3.07. The molecule has 5 rings (SSSR count). The number of hydrogen-bond acceptors (Lipinski definition) is 1. The van der Waals surface area contributed by atoms with Crippen LogP contribution in [-0.4, -0.2) is 18.5 Å². The highest BCUT2D eigenvalue weighted by atomic mass is 19.4. The summed E-state index contributed by atoms with van der Waals surface area (Å²) < 4.78 is 43.5.